The average molecular weight is 250 g/mol. The second-order valence-corrected chi connectivity index (χ2v) is 4.11. The zero-order chi connectivity index (χ0) is 13.5. The molecule has 0 saturated heterocycles. The molecule has 0 bridgehead atoms. The minimum atomic E-state index is -0.861. The van der Waals surface area contributed by atoms with Crippen molar-refractivity contribution in [3.63, 3.8) is 0 Å². The topological polar surface area (TPSA) is 78.4 Å². The van der Waals surface area contributed by atoms with Crippen molar-refractivity contribution in [2.75, 3.05) is 7.05 Å². The molecule has 1 unspecified atom stereocenters. The highest BCUT2D eigenvalue weighted by Crippen LogP contribution is 2.07. The molecular weight excluding hydrogens is 232 g/mol. The van der Waals surface area contributed by atoms with Gasteiger partial charge in [-0.1, -0.05) is 24.3 Å². The fourth-order valence-electron chi connectivity index (χ4n) is 1.57. The lowest BCUT2D eigenvalue weighted by Gasteiger charge is -2.11. The van der Waals surface area contributed by atoms with Crippen molar-refractivity contribution in [3.8, 4) is 0 Å². The minimum Gasteiger partial charge on any atom is -0.480 e. The summed E-state index contributed by atoms with van der Waals surface area (Å²) in [5.41, 5.74) is 1.94. The van der Waals surface area contributed by atoms with Crippen molar-refractivity contribution in [1.82, 2.24) is 10.6 Å². The van der Waals surface area contributed by atoms with Gasteiger partial charge in [0, 0.05) is 13.5 Å². The molecule has 0 radical (unpaired) electrons. The standard InChI is InChI=1S/C13H18N2O3/c1-9(16)15-8-11-5-3-10(4-6-11)7-12(14-2)13(17)18/h3-6,12,14H,7-8H2,1-2H3,(H,15,16)(H,17,18). The highest BCUT2D eigenvalue weighted by Gasteiger charge is 2.14. The van der Waals surface area contributed by atoms with Gasteiger partial charge in [-0.15, -0.1) is 0 Å². The Morgan fingerprint density at radius 3 is 2.22 bits per heavy atom. The molecule has 5 nitrogen and oxygen atoms in total. The Kier molecular flexibility index (Phi) is 5.32. The highest BCUT2D eigenvalue weighted by atomic mass is 16.4. The van der Waals surface area contributed by atoms with Crippen LogP contribution in [-0.4, -0.2) is 30.1 Å². The van der Waals surface area contributed by atoms with Crippen molar-refractivity contribution < 1.29 is 14.7 Å². The maximum atomic E-state index is 10.9. The molecule has 98 valence electrons. The Morgan fingerprint density at radius 2 is 1.78 bits per heavy atom. The van der Waals surface area contributed by atoms with Crippen LogP contribution in [0, 0.1) is 0 Å². The summed E-state index contributed by atoms with van der Waals surface area (Å²) in [7, 11) is 1.63. The minimum absolute atomic E-state index is 0.0693. The average Bonchev–Trinajstić information content (AvgIpc) is 2.34. The molecule has 0 aliphatic carbocycles. The number of amides is 1. The van der Waals surface area contributed by atoms with E-state index in [0.29, 0.717) is 13.0 Å². The van der Waals surface area contributed by atoms with Gasteiger partial charge in [-0.3, -0.25) is 9.59 Å². The predicted molar refractivity (Wildman–Crippen MR) is 68.2 cm³/mol. The van der Waals surface area contributed by atoms with Crippen LogP contribution in [-0.2, 0) is 22.6 Å². The van der Waals surface area contributed by atoms with Crippen molar-refractivity contribution in [2.45, 2.75) is 25.9 Å². The zero-order valence-corrected chi connectivity index (χ0v) is 10.6. The van der Waals surface area contributed by atoms with Gasteiger partial charge >= 0.3 is 5.97 Å². The lowest BCUT2D eigenvalue weighted by molar-refractivity contribution is -0.139. The third kappa shape index (κ3) is 4.55. The molecule has 1 aromatic rings. The monoisotopic (exact) mass is 250 g/mol. The number of hydrogen-bond acceptors (Lipinski definition) is 3. The molecule has 1 atom stereocenters. The number of benzene rings is 1. The van der Waals surface area contributed by atoms with E-state index in [0.717, 1.165) is 11.1 Å². The first kappa shape index (κ1) is 14.2. The lowest BCUT2D eigenvalue weighted by Crippen LogP contribution is -2.35. The summed E-state index contributed by atoms with van der Waals surface area (Å²) >= 11 is 0. The van der Waals surface area contributed by atoms with E-state index in [-0.39, 0.29) is 5.91 Å². The van der Waals surface area contributed by atoms with Crippen LogP contribution in [0.3, 0.4) is 0 Å². The van der Waals surface area contributed by atoms with Gasteiger partial charge < -0.3 is 15.7 Å². The van der Waals surface area contributed by atoms with E-state index in [2.05, 4.69) is 10.6 Å². The summed E-state index contributed by atoms with van der Waals surface area (Å²) in [6.45, 7) is 1.96. The molecule has 0 saturated carbocycles. The van der Waals surface area contributed by atoms with Gasteiger partial charge in [-0.25, -0.2) is 0 Å². The molecule has 1 rings (SSSR count). The first-order valence-electron chi connectivity index (χ1n) is 5.75. The van der Waals surface area contributed by atoms with E-state index < -0.39 is 12.0 Å². The van der Waals surface area contributed by atoms with E-state index in [9.17, 15) is 9.59 Å². The first-order valence-corrected chi connectivity index (χ1v) is 5.75. The second-order valence-electron chi connectivity index (χ2n) is 4.11. The molecule has 1 amide bonds. The maximum Gasteiger partial charge on any atom is 0.321 e. The van der Waals surface area contributed by atoms with Crippen LogP contribution in [0.4, 0.5) is 0 Å². The van der Waals surface area contributed by atoms with Crippen LogP contribution in [0.15, 0.2) is 24.3 Å². The van der Waals surface area contributed by atoms with Crippen LogP contribution in [0.1, 0.15) is 18.1 Å². The van der Waals surface area contributed by atoms with E-state index in [1.807, 2.05) is 24.3 Å². The van der Waals surface area contributed by atoms with Gasteiger partial charge in [-0.2, -0.15) is 0 Å². The summed E-state index contributed by atoms with van der Waals surface area (Å²) < 4.78 is 0. The summed E-state index contributed by atoms with van der Waals surface area (Å²) in [6.07, 6.45) is 0.437. The van der Waals surface area contributed by atoms with Crippen LogP contribution < -0.4 is 10.6 Å². The predicted octanol–water partition coefficient (Wildman–Crippen LogP) is 0.538. The molecule has 18 heavy (non-hydrogen) atoms. The lowest BCUT2D eigenvalue weighted by atomic mass is 10.0. The van der Waals surface area contributed by atoms with Gasteiger partial charge in [0.25, 0.3) is 0 Å². The number of carboxylic acids is 1. The molecule has 0 aromatic heterocycles. The Bertz CT molecular complexity index is 415. The summed E-state index contributed by atoms with van der Waals surface area (Å²) in [4.78, 5) is 21.6. The molecule has 3 N–H and O–H groups in total. The van der Waals surface area contributed by atoms with Crippen LogP contribution >= 0.6 is 0 Å². The van der Waals surface area contributed by atoms with E-state index in [4.69, 9.17) is 5.11 Å². The third-order valence-electron chi connectivity index (χ3n) is 2.65. The molecule has 0 fully saturated rings. The van der Waals surface area contributed by atoms with Crippen LogP contribution in [0.2, 0.25) is 0 Å². The Hall–Kier alpha value is -1.88. The van der Waals surface area contributed by atoms with E-state index in [1.54, 1.807) is 7.05 Å². The fraction of sp³-hybridized carbons (Fsp3) is 0.385. The van der Waals surface area contributed by atoms with Gasteiger partial charge in [0.05, 0.1) is 0 Å². The third-order valence-corrected chi connectivity index (χ3v) is 2.65. The summed E-state index contributed by atoms with van der Waals surface area (Å²) in [5.74, 6) is -0.931. The van der Waals surface area contributed by atoms with E-state index >= 15 is 0 Å². The first-order chi connectivity index (χ1) is 8.52. The molecular formula is C13H18N2O3. The summed E-state index contributed by atoms with van der Waals surface area (Å²) in [6, 6.07) is 6.96. The van der Waals surface area contributed by atoms with Gasteiger partial charge in [-0.05, 0) is 24.6 Å². The number of nitrogens with one attached hydrogen (secondary N) is 2. The summed E-state index contributed by atoms with van der Waals surface area (Å²) in [5, 5.41) is 14.4. The molecule has 0 aliphatic rings. The van der Waals surface area contributed by atoms with Crippen molar-refractivity contribution in [3.05, 3.63) is 35.4 Å². The Labute approximate surface area is 106 Å². The number of carboxylic acid groups (broad SMARTS) is 1. The van der Waals surface area contributed by atoms with Crippen molar-refractivity contribution in [1.29, 1.82) is 0 Å². The van der Waals surface area contributed by atoms with Crippen molar-refractivity contribution in [2.24, 2.45) is 0 Å². The molecule has 1 aromatic carbocycles. The van der Waals surface area contributed by atoms with Crippen LogP contribution in [0.5, 0.6) is 0 Å². The molecule has 5 heteroatoms. The Balaban J connectivity index is 2.59. The second kappa shape index (κ2) is 6.76. The maximum absolute atomic E-state index is 10.9. The zero-order valence-electron chi connectivity index (χ0n) is 10.6. The number of rotatable bonds is 6. The van der Waals surface area contributed by atoms with Gasteiger partial charge in [0.1, 0.15) is 6.04 Å². The SMILES string of the molecule is CNC(Cc1ccc(CNC(C)=O)cc1)C(=O)O. The number of carbonyl (C=O) groups is 2. The highest BCUT2D eigenvalue weighted by molar-refractivity contribution is 5.74. The fourth-order valence-corrected chi connectivity index (χ4v) is 1.57. The van der Waals surface area contributed by atoms with Crippen LogP contribution in [0.25, 0.3) is 0 Å². The normalized spacial score (nSPS) is 11.9. The van der Waals surface area contributed by atoms with Gasteiger partial charge in [0.15, 0.2) is 0 Å². The molecule has 0 heterocycles. The van der Waals surface area contributed by atoms with Crippen molar-refractivity contribution >= 4 is 11.9 Å². The van der Waals surface area contributed by atoms with Gasteiger partial charge in [0.2, 0.25) is 5.91 Å². The largest absolute Gasteiger partial charge is 0.480 e. The number of aliphatic carboxylic acids is 1. The number of carbonyl (C=O) groups excluding carboxylic acids is 1. The number of likely N-dealkylation sites (N-methyl/N-ethyl adjacent to an activating group) is 1. The van der Waals surface area contributed by atoms with E-state index in [1.165, 1.54) is 6.92 Å². The quantitative estimate of drug-likeness (QED) is 0.688. The molecule has 0 spiro atoms. The smallest absolute Gasteiger partial charge is 0.321 e. The molecule has 0 aliphatic heterocycles. The Morgan fingerprint density at radius 1 is 1.22 bits per heavy atom. The number of hydrogen-bond donors (Lipinski definition) is 3.